The molecule has 2 aliphatic rings. The molecule has 7 nitrogen and oxygen atoms in total. The second-order valence-electron chi connectivity index (χ2n) is 30.1. The SMILES string of the molecule is CC(C)(C)c1ccnc(-n2c3ccccc3c3ccc(Oc4cccc(-n5[c-][n+]6c7c(cc(-n8c9ccccc9c9ccccc98)cc75)-c5ccccc5-c5cc7c(cc5-c5cc(C(C)(C)C)cc(-n8c9ccccc9c9ccccc98)c5-6)C(C)(C)CCC7(C)C)c4)cc32)c1. The number of benzene rings is 11. The van der Waals surface area contributed by atoms with Gasteiger partial charge in [-0.3, -0.25) is 13.7 Å². The Bertz CT molecular complexity index is 5820. The fourth-order valence-corrected chi connectivity index (χ4v) is 16.1. The Kier molecular flexibility index (Phi) is 12.2. The van der Waals surface area contributed by atoms with Crippen LogP contribution in [0.4, 0.5) is 0 Å². The van der Waals surface area contributed by atoms with Gasteiger partial charge in [-0.05, 0) is 187 Å². The lowest BCUT2D eigenvalue weighted by Gasteiger charge is -2.42. The van der Waals surface area contributed by atoms with Crippen molar-refractivity contribution in [3.8, 4) is 73.4 Å². The van der Waals surface area contributed by atoms with Gasteiger partial charge in [0.05, 0.1) is 61.2 Å². The summed E-state index contributed by atoms with van der Waals surface area (Å²) in [4.78, 5) is 5.01. The van der Waals surface area contributed by atoms with Gasteiger partial charge in [0.2, 0.25) is 0 Å². The number of fused-ring (bicyclic) bond motifs is 17. The van der Waals surface area contributed by atoms with E-state index in [1.165, 1.54) is 60.5 Å². The maximum absolute atomic E-state index is 7.17. The minimum absolute atomic E-state index is 0.0487. The molecule has 6 heterocycles. The standard InChI is InChI=1S/C88H74N6O/c1-85(2,3)54-40-43-89-82(46-54)94-78-37-22-17-32-66(78)67-39-38-59(50-79(67)94)95-58-25-23-24-56(47-58)90-53-91-83-71(48-57(49-80(83)90)92-74-33-18-13-28-62(74)63-29-14-19-34-75(63)92)61-27-12-11-26-60(61)68-51-72-73(88(9,10)42-41-87(72,7)8)52-69(68)70-44-55(86(4,5)6)45-81(84(70)91)93-76-35-20-15-30-64(76)65-31-16-21-36-77(65)93/h11-40,43-52H,41-42H2,1-10H3. The first-order chi connectivity index (χ1) is 45.9. The maximum Gasteiger partial charge on any atom is 0.269 e. The number of hydrogen-bond donors (Lipinski definition) is 0. The zero-order chi connectivity index (χ0) is 64.6. The van der Waals surface area contributed by atoms with Crippen LogP contribution in [0.1, 0.15) is 104 Å². The predicted molar refractivity (Wildman–Crippen MR) is 394 cm³/mol. The zero-order valence-corrected chi connectivity index (χ0v) is 55.6. The Morgan fingerprint density at radius 2 is 0.895 bits per heavy atom. The van der Waals surface area contributed by atoms with E-state index in [4.69, 9.17) is 9.72 Å². The molecule has 0 amide bonds. The molecule has 462 valence electrons. The van der Waals surface area contributed by atoms with Gasteiger partial charge in [-0.25, -0.2) is 4.98 Å². The fraction of sp³-hybridized carbons (Fsp3) is 0.182. The first-order valence-electron chi connectivity index (χ1n) is 33.6. The van der Waals surface area contributed by atoms with Gasteiger partial charge in [-0.15, -0.1) is 0 Å². The summed E-state index contributed by atoms with van der Waals surface area (Å²) in [6.07, 6.45) is 8.41. The van der Waals surface area contributed by atoms with E-state index < -0.39 is 0 Å². The summed E-state index contributed by atoms with van der Waals surface area (Å²) in [5.41, 5.74) is 24.8. The Hall–Kier alpha value is -10.8. The fourth-order valence-electron chi connectivity index (χ4n) is 16.1. The maximum atomic E-state index is 7.17. The number of ether oxygens (including phenoxy) is 1. The third-order valence-corrected chi connectivity index (χ3v) is 21.2. The van der Waals surface area contributed by atoms with Crippen molar-refractivity contribution < 1.29 is 9.30 Å². The van der Waals surface area contributed by atoms with Crippen LogP contribution in [0.25, 0.3) is 138 Å². The van der Waals surface area contributed by atoms with Gasteiger partial charge >= 0.3 is 0 Å². The van der Waals surface area contributed by atoms with Crippen LogP contribution >= 0.6 is 0 Å². The van der Waals surface area contributed by atoms with Crippen LogP contribution in [-0.4, -0.2) is 23.3 Å². The summed E-state index contributed by atoms with van der Waals surface area (Å²) in [6.45, 7) is 23.7. The minimum Gasteiger partial charge on any atom is -0.458 e. The van der Waals surface area contributed by atoms with Crippen LogP contribution in [-0.2, 0) is 21.7 Å². The van der Waals surface area contributed by atoms with Gasteiger partial charge in [0.25, 0.3) is 6.33 Å². The molecular formula is C88H74N6O. The molecule has 7 heteroatoms. The Morgan fingerprint density at radius 3 is 1.47 bits per heavy atom. The molecule has 1 aliphatic carbocycles. The smallest absolute Gasteiger partial charge is 0.269 e. The van der Waals surface area contributed by atoms with Gasteiger partial charge in [-0.2, -0.15) is 0 Å². The Balaban J connectivity index is 0.959. The average molecular weight is 1230 g/mol. The van der Waals surface area contributed by atoms with Crippen LogP contribution in [0.15, 0.2) is 243 Å². The van der Waals surface area contributed by atoms with Crippen LogP contribution in [0.3, 0.4) is 0 Å². The van der Waals surface area contributed by atoms with Gasteiger partial charge in [0.15, 0.2) is 0 Å². The quantitative estimate of drug-likeness (QED) is 0.123. The lowest BCUT2D eigenvalue weighted by atomic mass is 9.62. The van der Waals surface area contributed by atoms with Crippen LogP contribution in [0.2, 0.25) is 0 Å². The van der Waals surface area contributed by atoms with Crippen molar-refractivity contribution in [3.63, 3.8) is 0 Å². The monoisotopic (exact) mass is 1230 g/mol. The number of rotatable bonds is 6. The van der Waals surface area contributed by atoms with Gasteiger partial charge in [0, 0.05) is 50.3 Å². The van der Waals surface area contributed by atoms with Crippen molar-refractivity contribution in [2.75, 3.05) is 0 Å². The number of pyridine rings is 1. The highest BCUT2D eigenvalue weighted by molar-refractivity contribution is 6.13. The van der Waals surface area contributed by atoms with E-state index in [1.54, 1.807) is 0 Å². The molecule has 0 bridgehead atoms. The Morgan fingerprint density at radius 1 is 0.389 bits per heavy atom. The van der Waals surface area contributed by atoms with E-state index in [1.807, 2.05) is 6.20 Å². The second-order valence-corrected chi connectivity index (χ2v) is 30.1. The lowest BCUT2D eigenvalue weighted by Crippen LogP contribution is -2.34. The summed E-state index contributed by atoms with van der Waals surface area (Å²) in [5, 5.41) is 7.14. The molecule has 0 saturated carbocycles. The van der Waals surface area contributed by atoms with E-state index in [9.17, 15) is 0 Å². The normalized spacial score (nSPS) is 14.3. The molecule has 0 unspecified atom stereocenters. The molecule has 1 aliphatic heterocycles. The first-order valence-corrected chi connectivity index (χ1v) is 33.6. The predicted octanol–water partition coefficient (Wildman–Crippen LogP) is 22.4. The zero-order valence-electron chi connectivity index (χ0n) is 55.6. The summed E-state index contributed by atoms with van der Waals surface area (Å²) in [7, 11) is 0. The van der Waals surface area contributed by atoms with Gasteiger partial charge < -0.3 is 13.9 Å². The second kappa shape index (κ2) is 20.4. The third kappa shape index (κ3) is 8.70. The third-order valence-electron chi connectivity index (χ3n) is 21.2. The van der Waals surface area contributed by atoms with E-state index >= 15 is 0 Å². The minimum atomic E-state index is -0.241. The van der Waals surface area contributed by atoms with Gasteiger partial charge in [0.1, 0.15) is 17.3 Å². The Labute approximate surface area is 554 Å². The molecule has 0 N–H and O–H groups in total. The van der Waals surface area contributed by atoms with E-state index in [-0.39, 0.29) is 21.7 Å². The van der Waals surface area contributed by atoms with Crippen molar-refractivity contribution in [2.24, 2.45) is 0 Å². The highest BCUT2D eigenvalue weighted by Crippen LogP contribution is 2.54. The highest BCUT2D eigenvalue weighted by Gasteiger charge is 2.40. The topological polar surface area (TPSA) is 45.7 Å². The first kappa shape index (κ1) is 56.9. The van der Waals surface area contributed by atoms with E-state index in [0.29, 0.717) is 5.75 Å². The number of para-hydroxylation sites is 5. The van der Waals surface area contributed by atoms with Crippen molar-refractivity contribution >= 4 is 76.5 Å². The molecular weight excluding hydrogens is 1160 g/mol. The molecule has 0 saturated heterocycles. The molecule has 16 aromatic rings. The molecule has 0 spiro atoms. The van der Waals surface area contributed by atoms with Crippen LogP contribution < -0.4 is 9.30 Å². The number of hydrogen-bond acceptors (Lipinski definition) is 2. The lowest BCUT2D eigenvalue weighted by molar-refractivity contribution is -0.571. The van der Waals surface area contributed by atoms with Crippen molar-refractivity contribution in [2.45, 2.75) is 104 Å². The number of imidazole rings is 1. The molecule has 18 rings (SSSR count). The van der Waals surface area contributed by atoms with Gasteiger partial charge in [-0.1, -0.05) is 203 Å². The number of nitrogens with zero attached hydrogens (tertiary/aromatic N) is 6. The molecule has 0 fully saturated rings. The van der Waals surface area contributed by atoms with Crippen molar-refractivity contribution in [1.29, 1.82) is 0 Å². The van der Waals surface area contributed by atoms with Crippen molar-refractivity contribution in [3.05, 3.63) is 271 Å². The van der Waals surface area contributed by atoms with E-state index in [0.717, 1.165) is 119 Å². The molecule has 0 atom stereocenters. The average Bonchev–Trinajstić information content (AvgIpc) is 1.71. The molecule has 5 aromatic heterocycles. The van der Waals surface area contributed by atoms with Crippen LogP contribution in [0, 0.1) is 6.33 Å². The summed E-state index contributed by atoms with van der Waals surface area (Å²) in [6, 6.07) is 88.1. The summed E-state index contributed by atoms with van der Waals surface area (Å²) < 4.78 is 19.2. The summed E-state index contributed by atoms with van der Waals surface area (Å²) in [5.74, 6) is 2.31. The van der Waals surface area contributed by atoms with Crippen molar-refractivity contribution in [1.82, 2.24) is 23.3 Å². The molecule has 95 heavy (non-hydrogen) atoms. The molecule has 11 aromatic carbocycles. The molecule has 0 radical (unpaired) electrons. The number of aromatic nitrogens is 6. The van der Waals surface area contributed by atoms with E-state index in [2.05, 4.69) is 335 Å². The largest absolute Gasteiger partial charge is 0.458 e. The summed E-state index contributed by atoms with van der Waals surface area (Å²) >= 11 is 0. The van der Waals surface area contributed by atoms with Crippen LogP contribution in [0.5, 0.6) is 11.5 Å². The highest BCUT2D eigenvalue weighted by atomic mass is 16.5.